The van der Waals surface area contributed by atoms with E-state index in [1.165, 1.54) is 17.4 Å². The average Bonchev–Trinajstić information content (AvgIpc) is 3.22. The molecule has 0 spiro atoms. The average molecular weight is 391 g/mol. The van der Waals surface area contributed by atoms with Crippen LogP contribution in [-0.2, 0) is 0 Å². The molecule has 0 aliphatic heterocycles. The Morgan fingerprint density at radius 3 is 2.57 bits per heavy atom. The summed E-state index contributed by atoms with van der Waals surface area (Å²) >= 11 is 1.51. The monoisotopic (exact) mass is 391 g/mol. The summed E-state index contributed by atoms with van der Waals surface area (Å²) in [6.07, 6.45) is 4.48. The lowest BCUT2D eigenvalue weighted by Crippen LogP contribution is -1.98. The molecule has 0 amide bonds. The Labute approximate surface area is 166 Å². The normalized spacial score (nSPS) is 10.8. The second kappa shape index (κ2) is 8.22. The molecule has 0 radical (unpaired) electrons. The Bertz CT molecular complexity index is 1080. The van der Waals surface area contributed by atoms with E-state index in [0.29, 0.717) is 28.5 Å². The molecule has 3 heterocycles. The molecule has 0 bridgehead atoms. The third-order valence-corrected chi connectivity index (χ3v) is 5.03. The molecule has 0 fully saturated rings. The van der Waals surface area contributed by atoms with E-state index >= 15 is 0 Å². The van der Waals surface area contributed by atoms with Crippen molar-refractivity contribution < 1.29 is 4.39 Å². The number of anilines is 1. The maximum Gasteiger partial charge on any atom is 0.183 e. The van der Waals surface area contributed by atoms with E-state index in [9.17, 15) is 4.39 Å². The summed E-state index contributed by atoms with van der Waals surface area (Å²) in [4.78, 5) is 18.9. The van der Waals surface area contributed by atoms with Crippen LogP contribution in [0.4, 0.5) is 9.52 Å². The van der Waals surface area contributed by atoms with Gasteiger partial charge in [-0.05, 0) is 36.8 Å². The number of hydrogen-bond acceptors (Lipinski definition) is 6. The molecule has 5 nitrogen and oxygen atoms in total. The van der Waals surface area contributed by atoms with Gasteiger partial charge >= 0.3 is 0 Å². The van der Waals surface area contributed by atoms with Crippen molar-refractivity contribution in [2.75, 3.05) is 11.9 Å². The lowest BCUT2D eigenvalue weighted by Gasteiger charge is -2.08. The van der Waals surface area contributed by atoms with E-state index < -0.39 is 0 Å². The SMILES string of the molecule is CCCNc1ncc(-c2cc(-c3ccccc3F)nc(-c3ccccn3)n2)s1. The first-order valence-corrected chi connectivity index (χ1v) is 9.81. The molecule has 0 unspecified atom stereocenters. The summed E-state index contributed by atoms with van der Waals surface area (Å²) in [6, 6.07) is 13.9. The highest BCUT2D eigenvalue weighted by Gasteiger charge is 2.15. The van der Waals surface area contributed by atoms with Crippen molar-refractivity contribution in [1.82, 2.24) is 19.9 Å². The summed E-state index contributed by atoms with van der Waals surface area (Å²) < 4.78 is 14.4. The molecule has 1 aromatic carbocycles. The lowest BCUT2D eigenvalue weighted by atomic mass is 10.1. The molecule has 0 saturated heterocycles. The van der Waals surface area contributed by atoms with Crippen LogP contribution in [0.25, 0.3) is 33.3 Å². The smallest absolute Gasteiger partial charge is 0.183 e. The summed E-state index contributed by atoms with van der Waals surface area (Å²) in [6.45, 7) is 2.96. The van der Waals surface area contributed by atoms with Crippen LogP contribution in [0.3, 0.4) is 0 Å². The number of rotatable bonds is 6. The number of nitrogens with one attached hydrogen (secondary N) is 1. The van der Waals surface area contributed by atoms with E-state index in [1.54, 1.807) is 36.7 Å². The third-order valence-electron chi connectivity index (χ3n) is 4.05. The van der Waals surface area contributed by atoms with Crippen molar-refractivity contribution in [1.29, 1.82) is 0 Å². The molecule has 3 aromatic heterocycles. The first kappa shape index (κ1) is 18.2. The van der Waals surface area contributed by atoms with E-state index in [0.717, 1.165) is 23.0 Å². The van der Waals surface area contributed by atoms with Crippen molar-refractivity contribution in [3.05, 3.63) is 66.7 Å². The first-order chi connectivity index (χ1) is 13.7. The zero-order valence-electron chi connectivity index (χ0n) is 15.3. The molecule has 0 aliphatic carbocycles. The summed E-state index contributed by atoms with van der Waals surface area (Å²) in [5, 5.41) is 4.11. The van der Waals surface area contributed by atoms with Crippen LogP contribution in [-0.4, -0.2) is 26.5 Å². The van der Waals surface area contributed by atoms with Gasteiger partial charge < -0.3 is 5.32 Å². The highest BCUT2D eigenvalue weighted by Crippen LogP contribution is 2.32. The van der Waals surface area contributed by atoms with Crippen molar-refractivity contribution in [2.45, 2.75) is 13.3 Å². The highest BCUT2D eigenvalue weighted by molar-refractivity contribution is 7.18. The molecular formula is C21H18FN5S. The fourth-order valence-electron chi connectivity index (χ4n) is 2.70. The Hall–Kier alpha value is -3.19. The quantitative estimate of drug-likeness (QED) is 0.484. The van der Waals surface area contributed by atoms with Crippen LogP contribution < -0.4 is 5.32 Å². The maximum absolute atomic E-state index is 14.4. The minimum absolute atomic E-state index is 0.325. The standard InChI is InChI=1S/C21H18FN5S/c1-2-10-24-21-25-13-19(28-21)18-12-17(14-7-3-4-8-15(14)22)26-20(27-18)16-9-5-6-11-23-16/h3-9,11-13H,2,10H2,1H3,(H,24,25). The Kier molecular flexibility index (Phi) is 5.34. The van der Waals surface area contributed by atoms with Gasteiger partial charge in [0.25, 0.3) is 0 Å². The third kappa shape index (κ3) is 3.89. The fraction of sp³-hybridized carbons (Fsp3) is 0.143. The number of nitrogens with zero attached hydrogens (tertiary/aromatic N) is 4. The van der Waals surface area contributed by atoms with Gasteiger partial charge in [-0.2, -0.15) is 0 Å². The topological polar surface area (TPSA) is 63.6 Å². The van der Waals surface area contributed by atoms with Gasteiger partial charge in [0, 0.05) is 24.5 Å². The largest absolute Gasteiger partial charge is 0.362 e. The zero-order valence-corrected chi connectivity index (χ0v) is 16.1. The van der Waals surface area contributed by atoms with E-state index in [4.69, 9.17) is 0 Å². The minimum Gasteiger partial charge on any atom is -0.362 e. The fourth-order valence-corrected chi connectivity index (χ4v) is 3.50. The molecule has 0 aliphatic rings. The van der Waals surface area contributed by atoms with Gasteiger partial charge in [-0.25, -0.2) is 19.3 Å². The molecule has 7 heteroatoms. The van der Waals surface area contributed by atoms with Crippen molar-refractivity contribution in [3.8, 4) is 33.3 Å². The summed E-state index contributed by atoms with van der Waals surface area (Å²) in [5.74, 6) is 0.126. The number of benzene rings is 1. The van der Waals surface area contributed by atoms with Crippen LogP contribution in [0.5, 0.6) is 0 Å². The van der Waals surface area contributed by atoms with Gasteiger partial charge in [-0.1, -0.05) is 36.5 Å². The van der Waals surface area contributed by atoms with Crippen molar-refractivity contribution in [3.63, 3.8) is 0 Å². The maximum atomic E-state index is 14.4. The molecule has 140 valence electrons. The predicted octanol–water partition coefficient (Wildman–Crippen LogP) is 5.29. The number of hydrogen-bond donors (Lipinski definition) is 1. The van der Waals surface area contributed by atoms with Crippen LogP contribution in [0, 0.1) is 5.82 Å². The Morgan fingerprint density at radius 2 is 1.79 bits per heavy atom. The van der Waals surface area contributed by atoms with Gasteiger partial charge in [0.2, 0.25) is 0 Å². The van der Waals surface area contributed by atoms with Crippen LogP contribution in [0.2, 0.25) is 0 Å². The summed E-state index contributed by atoms with van der Waals surface area (Å²) in [7, 11) is 0. The van der Waals surface area contributed by atoms with Crippen LogP contribution >= 0.6 is 11.3 Å². The Morgan fingerprint density at radius 1 is 0.964 bits per heavy atom. The molecule has 4 aromatic rings. The van der Waals surface area contributed by atoms with Gasteiger partial charge in [-0.3, -0.25) is 4.98 Å². The highest BCUT2D eigenvalue weighted by atomic mass is 32.1. The minimum atomic E-state index is -0.325. The van der Waals surface area contributed by atoms with Gasteiger partial charge in [0.1, 0.15) is 11.5 Å². The summed E-state index contributed by atoms with van der Waals surface area (Å²) in [5.41, 5.74) is 2.27. The second-order valence-corrected chi connectivity index (χ2v) is 7.14. The molecule has 4 rings (SSSR count). The molecule has 0 saturated carbocycles. The molecule has 0 atom stereocenters. The predicted molar refractivity (Wildman–Crippen MR) is 111 cm³/mol. The number of pyridine rings is 1. The molecule has 1 N–H and O–H groups in total. The second-order valence-electron chi connectivity index (χ2n) is 6.11. The van der Waals surface area contributed by atoms with E-state index in [-0.39, 0.29) is 5.82 Å². The molecule has 28 heavy (non-hydrogen) atoms. The molecular weight excluding hydrogens is 373 g/mol. The number of aromatic nitrogens is 4. The zero-order chi connectivity index (χ0) is 19.3. The van der Waals surface area contributed by atoms with Crippen molar-refractivity contribution in [2.24, 2.45) is 0 Å². The van der Waals surface area contributed by atoms with Crippen LogP contribution in [0.15, 0.2) is 60.9 Å². The van der Waals surface area contributed by atoms with Gasteiger partial charge in [0.15, 0.2) is 11.0 Å². The number of halogens is 1. The lowest BCUT2D eigenvalue weighted by molar-refractivity contribution is 0.630. The van der Waals surface area contributed by atoms with E-state index in [2.05, 4.69) is 32.2 Å². The first-order valence-electron chi connectivity index (χ1n) is 9.00. The number of thiazole rings is 1. The van der Waals surface area contributed by atoms with Gasteiger partial charge in [-0.15, -0.1) is 0 Å². The van der Waals surface area contributed by atoms with Crippen LogP contribution in [0.1, 0.15) is 13.3 Å². The van der Waals surface area contributed by atoms with Crippen molar-refractivity contribution >= 4 is 16.5 Å². The Balaban J connectivity index is 1.83. The van der Waals surface area contributed by atoms with Gasteiger partial charge in [0.05, 0.1) is 16.3 Å². The van der Waals surface area contributed by atoms with E-state index in [1.807, 2.05) is 18.2 Å².